The number of nitrogens with zero attached hydrogens (tertiary/aromatic N) is 1. The SMILES string of the molecule is CC(C)N(CC1CC1)CC1(C)CCNC1. The average Bonchev–Trinajstić information content (AvgIpc) is 2.87. The summed E-state index contributed by atoms with van der Waals surface area (Å²) >= 11 is 0. The van der Waals surface area contributed by atoms with Gasteiger partial charge >= 0.3 is 0 Å². The Morgan fingerprint density at radius 3 is 2.60 bits per heavy atom. The molecular formula is C13H26N2. The zero-order valence-electron chi connectivity index (χ0n) is 10.6. The van der Waals surface area contributed by atoms with Crippen LogP contribution in [0, 0.1) is 11.3 Å². The number of hydrogen-bond donors (Lipinski definition) is 1. The van der Waals surface area contributed by atoms with E-state index in [0.717, 1.165) is 5.92 Å². The minimum absolute atomic E-state index is 0.527. The molecule has 2 rings (SSSR count). The summed E-state index contributed by atoms with van der Waals surface area (Å²) in [5.74, 6) is 1.02. The Balaban J connectivity index is 1.86. The van der Waals surface area contributed by atoms with Crippen LogP contribution in [-0.2, 0) is 0 Å². The van der Waals surface area contributed by atoms with E-state index in [1.165, 1.54) is 45.4 Å². The molecule has 15 heavy (non-hydrogen) atoms. The lowest BCUT2D eigenvalue weighted by atomic mass is 9.88. The van der Waals surface area contributed by atoms with Crippen LogP contribution in [0.25, 0.3) is 0 Å². The van der Waals surface area contributed by atoms with E-state index in [2.05, 4.69) is 31.0 Å². The van der Waals surface area contributed by atoms with Crippen LogP contribution in [0.2, 0.25) is 0 Å². The van der Waals surface area contributed by atoms with Gasteiger partial charge < -0.3 is 10.2 Å². The number of hydrogen-bond acceptors (Lipinski definition) is 2. The molecule has 0 bridgehead atoms. The van der Waals surface area contributed by atoms with Gasteiger partial charge in [0, 0.05) is 25.7 Å². The number of nitrogens with one attached hydrogen (secondary N) is 1. The first kappa shape index (κ1) is 11.4. The normalized spacial score (nSPS) is 31.8. The van der Waals surface area contributed by atoms with Gasteiger partial charge in [-0.3, -0.25) is 0 Å². The molecule has 0 spiro atoms. The second-order valence-electron chi connectivity index (χ2n) is 6.20. The van der Waals surface area contributed by atoms with E-state index in [9.17, 15) is 0 Å². The Morgan fingerprint density at radius 1 is 1.40 bits per heavy atom. The summed E-state index contributed by atoms with van der Waals surface area (Å²) in [5, 5.41) is 3.50. The molecule has 2 heteroatoms. The van der Waals surface area contributed by atoms with Crippen LogP contribution in [-0.4, -0.2) is 37.1 Å². The van der Waals surface area contributed by atoms with E-state index in [0.29, 0.717) is 11.5 Å². The molecule has 1 saturated carbocycles. The van der Waals surface area contributed by atoms with Crippen molar-refractivity contribution in [2.24, 2.45) is 11.3 Å². The van der Waals surface area contributed by atoms with Crippen molar-refractivity contribution in [1.82, 2.24) is 10.2 Å². The molecule has 2 nitrogen and oxygen atoms in total. The fourth-order valence-electron chi connectivity index (χ4n) is 2.58. The predicted octanol–water partition coefficient (Wildman–Crippen LogP) is 2.11. The third-order valence-corrected chi connectivity index (χ3v) is 3.96. The van der Waals surface area contributed by atoms with E-state index in [1.807, 2.05) is 0 Å². The topological polar surface area (TPSA) is 15.3 Å². The Bertz CT molecular complexity index is 203. The maximum Gasteiger partial charge on any atom is 0.00508 e. The van der Waals surface area contributed by atoms with Gasteiger partial charge in [-0.2, -0.15) is 0 Å². The fourth-order valence-corrected chi connectivity index (χ4v) is 2.58. The van der Waals surface area contributed by atoms with Gasteiger partial charge in [-0.25, -0.2) is 0 Å². The van der Waals surface area contributed by atoms with Crippen LogP contribution in [0.15, 0.2) is 0 Å². The molecule has 0 radical (unpaired) electrons. The van der Waals surface area contributed by atoms with Crippen LogP contribution in [0.4, 0.5) is 0 Å². The Labute approximate surface area is 94.4 Å². The van der Waals surface area contributed by atoms with Gasteiger partial charge in [-0.1, -0.05) is 6.92 Å². The lowest BCUT2D eigenvalue weighted by Gasteiger charge is -2.34. The maximum absolute atomic E-state index is 3.50. The molecule has 1 N–H and O–H groups in total. The van der Waals surface area contributed by atoms with E-state index >= 15 is 0 Å². The Morgan fingerprint density at radius 2 is 2.13 bits per heavy atom. The third kappa shape index (κ3) is 3.18. The van der Waals surface area contributed by atoms with Crippen molar-refractivity contribution < 1.29 is 0 Å². The molecule has 88 valence electrons. The van der Waals surface area contributed by atoms with Crippen LogP contribution in [0.5, 0.6) is 0 Å². The van der Waals surface area contributed by atoms with E-state index in [1.54, 1.807) is 0 Å². The Kier molecular flexibility index (Phi) is 3.36. The zero-order chi connectivity index (χ0) is 10.9. The van der Waals surface area contributed by atoms with Gasteiger partial charge in [-0.05, 0) is 51.0 Å². The molecule has 1 aliphatic carbocycles. The van der Waals surface area contributed by atoms with Crippen molar-refractivity contribution in [1.29, 1.82) is 0 Å². The predicted molar refractivity (Wildman–Crippen MR) is 65.0 cm³/mol. The standard InChI is InChI=1S/C13H26N2/c1-11(2)15(8-12-4-5-12)10-13(3)6-7-14-9-13/h11-12,14H,4-10H2,1-3H3. The molecule has 0 aromatic heterocycles. The van der Waals surface area contributed by atoms with E-state index < -0.39 is 0 Å². The minimum atomic E-state index is 0.527. The van der Waals surface area contributed by atoms with Crippen molar-refractivity contribution in [3.63, 3.8) is 0 Å². The number of rotatable bonds is 5. The van der Waals surface area contributed by atoms with Gasteiger partial charge in [0.05, 0.1) is 0 Å². The van der Waals surface area contributed by atoms with E-state index in [4.69, 9.17) is 0 Å². The zero-order valence-corrected chi connectivity index (χ0v) is 10.6. The molecule has 1 aliphatic heterocycles. The first-order chi connectivity index (χ1) is 7.09. The summed E-state index contributed by atoms with van der Waals surface area (Å²) < 4.78 is 0. The van der Waals surface area contributed by atoms with Crippen LogP contribution < -0.4 is 5.32 Å². The summed E-state index contributed by atoms with van der Waals surface area (Å²) in [5.41, 5.74) is 0.527. The van der Waals surface area contributed by atoms with Crippen molar-refractivity contribution in [3.8, 4) is 0 Å². The van der Waals surface area contributed by atoms with Gasteiger partial charge in [0.25, 0.3) is 0 Å². The maximum atomic E-state index is 3.50. The van der Waals surface area contributed by atoms with Crippen LogP contribution >= 0.6 is 0 Å². The summed E-state index contributed by atoms with van der Waals surface area (Å²) in [4.78, 5) is 2.70. The van der Waals surface area contributed by atoms with Crippen molar-refractivity contribution in [2.75, 3.05) is 26.2 Å². The summed E-state index contributed by atoms with van der Waals surface area (Å²) in [6, 6.07) is 0.711. The monoisotopic (exact) mass is 210 g/mol. The largest absolute Gasteiger partial charge is 0.316 e. The first-order valence-electron chi connectivity index (χ1n) is 6.54. The van der Waals surface area contributed by atoms with Crippen LogP contribution in [0.1, 0.15) is 40.0 Å². The summed E-state index contributed by atoms with van der Waals surface area (Å²) in [7, 11) is 0. The molecule has 1 unspecified atom stereocenters. The molecular weight excluding hydrogens is 184 g/mol. The van der Waals surface area contributed by atoms with Crippen LogP contribution in [0.3, 0.4) is 0 Å². The molecule has 2 fully saturated rings. The molecule has 1 saturated heterocycles. The molecule has 0 aromatic carbocycles. The smallest absolute Gasteiger partial charge is 0.00508 e. The van der Waals surface area contributed by atoms with Gasteiger partial charge in [-0.15, -0.1) is 0 Å². The quantitative estimate of drug-likeness (QED) is 0.747. The summed E-state index contributed by atoms with van der Waals surface area (Å²) in [6.07, 6.45) is 4.29. The highest BCUT2D eigenvalue weighted by atomic mass is 15.2. The van der Waals surface area contributed by atoms with Crippen molar-refractivity contribution in [2.45, 2.75) is 46.1 Å². The fraction of sp³-hybridized carbons (Fsp3) is 1.00. The highest BCUT2D eigenvalue weighted by Crippen LogP contribution is 2.33. The van der Waals surface area contributed by atoms with Gasteiger partial charge in [0.15, 0.2) is 0 Å². The highest BCUT2D eigenvalue weighted by Gasteiger charge is 2.33. The average molecular weight is 210 g/mol. The summed E-state index contributed by atoms with van der Waals surface area (Å²) in [6.45, 7) is 12.2. The van der Waals surface area contributed by atoms with Crippen molar-refractivity contribution >= 4 is 0 Å². The van der Waals surface area contributed by atoms with Crippen molar-refractivity contribution in [3.05, 3.63) is 0 Å². The molecule has 0 aromatic rings. The Hall–Kier alpha value is -0.0800. The first-order valence-corrected chi connectivity index (χ1v) is 6.54. The van der Waals surface area contributed by atoms with E-state index in [-0.39, 0.29) is 0 Å². The van der Waals surface area contributed by atoms with Gasteiger partial charge in [0.1, 0.15) is 0 Å². The molecule has 1 heterocycles. The van der Waals surface area contributed by atoms with Gasteiger partial charge in [0.2, 0.25) is 0 Å². The third-order valence-electron chi connectivity index (χ3n) is 3.96. The second kappa shape index (κ2) is 4.42. The molecule has 0 amide bonds. The molecule has 2 aliphatic rings. The second-order valence-corrected chi connectivity index (χ2v) is 6.20. The molecule has 1 atom stereocenters. The lowest BCUT2D eigenvalue weighted by Crippen LogP contribution is -2.42. The minimum Gasteiger partial charge on any atom is -0.316 e. The highest BCUT2D eigenvalue weighted by molar-refractivity contribution is 4.89. The lowest BCUT2D eigenvalue weighted by molar-refractivity contribution is 0.138.